The molecule has 1 unspecified atom stereocenters. The maximum absolute atomic E-state index is 6.72. The van der Waals surface area contributed by atoms with Crippen LogP contribution in [0.25, 0.3) is 10.8 Å². The Labute approximate surface area is 248 Å². The molecule has 0 radical (unpaired) electrons. The molecule has 0 bridgehead atoms. The van der Waals surface area contributed by atoms with Crippen LogP contribution in [0.3, 0.4) is 0 Å². The predicted octanol–water partition coefficient (Wildman–Crippen LogP) is 7.39. The maximum Gasteiger partial charge on any atom is 0.159 e. The monoisotopic (exact) mass is 559 g/mol. The molecule has 1 fully saturated rings. The van der Waals surface area contributed by atoms with Crippen molar-refractivity contribution in [3.63, 3.8) is 0 Å². The molecule has 1 heterocycles. The summed E-state index contributed by atoms with van der Waals surface area (Å²) < 4.78 is 26.5. The topological polar surface area (TPSA) is 40.2 Å². The molecule has 6 rings (SSSR count). The zero-order valence-electron chi connectivity index (χ0n) is 23.9. The lowest BCUT2D eigenvalue weighted by Crippen LogP contribution is -2.60. The largest absolute Gasteiger partial charge is 0.368 e. The van der Waals surface area contributed by atoms with Crippen molar-refractivity contribution in [2.75, 3.05) is 18.6 Å². The molecule has 1 aliphatic heterocycles. The minimum Gasteiger partial charge on any atom is -0.368 e. The van der Waals surface area contributed by atoms with E-state index >= 15 is 0 Å². The Morgan fingerprint density at radius 3 is 1.67 bits per heavy atom. The van der Waals surface area contributed by atoms with Gasteiger partial charge in [-0.15, -0.1) is 0 Å². The molecule has 5 heteroatoms. The summed E-state index contributed by atoms with van der Waals surface area (Å²) in [6, 6.07) is 45.6. The first kappa shape index (κ1) is 28.1. The third-order valence-corrected chi connectivity index (χ3v) is 7.80. The molecule has 42 heavy (non-hydrogen) atoms. The SMILES string of the molecule is CN(c1ccc2ccccc2c1)C1OC[C@@H](OCc2ccccc2)[C@H](OCc2ccccc2)[C@H]1OCc1ccccc1. The smallest absolute Gasteiger partial charge is 0.159 e. The summed E-state index contributed by atoms with van der Waals surface area (Å²) >= 11 is 0. The van der Waals surface area contributed by atoms with Gasteiger partial charge in [-0.25, -0.2) is 0 Å². The summed E-state index contributed by atoms with van der Waals surface area (Å²) in [5.41, 5.74) is 4.36. The van der Waals surface area contributed by atoms with Gasteiger partial charge in [-0.3, -0.25) is 0 Å². The van der Waals surface area contributed by atoms with Crippen molar-refractivity contribution < 1.29 is 18.9 Å². The van der Waals surface area contributed by atoms with Gasteiger partial charge in [-0.1, -0.05) is 121 Å². The quantitative estimate of drug-likeness (QED) is 0.169. The Hall–Kier alpha value is -4.00. The fourth-order valence-corrected chi connectivity index (χ4v) is 5.47. The number of ether oxygens (including phenoxy) is 4. The van der Waals surface area contributed by atoms with Crippen molar-refractivity contribution in [3.8, 4) is 0 Å². The van der Waals surface area contributed by atoms with Crippen LogP contribution < -0.4 is 4.90 Å². The predicted molar refractivity (Wildman–Crippen MR) is 167 cm³/mol. The molecule has 1 saturated heterocycles. The van der Waals surface area contributed by atoms with Gasteiger partial charge in [-0.2, -0.15) is 0 Å². The zero-order chi connectivity index (χ0) is 28.6. The summed E-state index contributed by atoms with van der Waals surface area (Å²) in [6.45, 7) is 1.75. The van der Waals surface area contributed by atoms with E-state index in [0.29, 0.717) is 26.4 Å². The van der Waals surface area contributed by atoms with Crippen LogP contribution in [0.15, 0.2) is 133 Å². The normalized spacial score (nSPS) is 20.4. The number of nitrogens with zero attached hydrogens (tertiary/aromatic N) is 1. The molecule has 0 saturated carbocycles. The Morgan fingerprint density at radius 1 is 0.571 bits per heavy atom. The molecule has 5 aromatic rings. The van der Waals surface area contributed by atoms with Crippen molar-refractivity contribution in [1.82, 2.24) is 0 Å². The molecule has 5 aromatic carbocycles. The van der Waals surface area contributed by atoms with Crippen LogP contribution in [-0.2, 0) is 38.8 Å². The summed E-state index contributed by atoms with van der Waals surface area (Å²) in [7, 11) is 2.06. The molecule has 4 atom stereocenters. The summed E-state index contributed by atoms with van der Waals surface area (Å²) in [6.07, 6.45) is -1.47. The first-order valence-corrected chi connectivity index (χ1v) is 14.5. The summed E-state index contributed by atoms with van der Waals surface area (Å²) in [5.74, 6) is 0. The number of hydrogen-bond donors (Lipinski definition) is 0. The third kappa shape index (κ3) is 6.89. The number of likely N-dealkylation sites (N-methyl/N-ethyl adjacent to an activating group) is 1. The lowest BCUT2D eigenvalue weighted by atomic mass is 10.0. The van der Waals surface area contributed by atoms with Gasteiger partial charge in [0.15, 0.2) is 6.23 Å². The van der Waals surface area contributed by atoms with Gasteiger partial charge >= 0.3 is 0 Å². The Morgan fingerprint density at radius 2 is 1.07 bits per heavy atom. The van der Waals surface area contributed by atoms with E-state index in [2.05, 4.69) is 90.8 Å². The summed E-state index contributed by atoms with van der Waals surface area (Å²) in [5, 5.41) is 2.38. The highest BCUT2D eigenvalue weighted by Gasteiger charge is 2.45. The minimum absolute atomic E-state index is 0.309. The first-order chi connectivity index (χ1) is 20.7. The van der Waals surface area contributed by atoms with E-state index < -0.39 is 6.10 Å². The van der Waals surface area contributed by atoms with Crippen molar-refractivity contribution >= 4 is 16.5 Å². The van der Waals surface area contributed by atoms with Gasteiger partial charge in [0.2, 0.25) is 0 Å². The Kier molecular flexibility index (Phi) is 9.23. The fourth-order valence-electron chi connectivity index (χ4n) is 5.47. The van der Waals surface area contributed by atoms with Crippen LogP contribution in [0.1, 0.15) is 16.7 Å². The van der Waals surface area contributed by atoms with Gasteiger partial charge in [0.25, 0.3) is 0 Å². The van der Waals surface area contributed by atoms with E-state index in [-0.39, 0.29) is 18.4 Å². The molecule has 0 amide bonds. The second kappa shape index (κ2) is 13.8. The van der Waals surface area contributed by atoms with Crippen molar-refractivity contribution in [3.05, 3.63) is 150 Å². The lowest BCUT2D eigenvalue weighted by molar-refractivity contribution is -0.237. The van der Waals surface area contributed by atoms with Crippen LogP contribution in [-0.4, -0.2) is 38.2 Å². The molecule has 1 aliphatic rings. The molecular weight excluding hydrogens is 522 g/mol. The van der Waals surface area contributed by atoms with Gasteiger partial charge in [0.05, 0.1) is 26.4 Å². The van der Waals surface area contributed by atoms with Crippen LogP contribution in [0.4, 0.5) is 5.69 Å². The van der Waals surface area contributed by atoms with Gasteiger partial charge in [0, 0.05) is 12.7 Å². The van der Waals surface area contributed by atoms with E-state index in [1.807, 2.05) is 54.6 Å². The Balaban J connectivity index is 1.30. The number of rotatable bonds is 11. The Bertz CT molecular complexity index is 1530. The van der Waals surface area contributed by atoms with Crippen LogP contribution in [0.2, 0.25) is 0 Å². The zero-order valence-corrected chi connectivity index (χ0v) is 23.9. The molecule has 0 N–H and O–H groups in total. The highest BCUT2D eigenvalue weighted by molar-refractivity contribution is 5.85. The second-order valence-corrected chi connectivity index (χ2v) is 10.7. The van der Waals surface area contributed by atoms with E-state index in [1.54, 1.807) is 0 Å². The molecule has 5 nitrogen and oxygen atoms in total. The van der Waals surface area contributed by atoms with Gasteiger partial charge in [-0.05, 0) is 39.6 Å². The van der Waals surface area contributed by atoms with Crippen LogP contribution >= 0.6 is 0 Å². The molecular formula is C37H37NO4. The standard InChI is InChI=1S/C37H37NO4/c1-38(33-22-21-31-19-11-12-20-32(31)23-33)37-36(41-26-30-17-9-4-10-18-30)35(40-25-29-15-7-3-8-16-29)34(27-42-37)39-24-28-13-5-2-6-14-28/h2-23,34-37H,24-27H2,1H3/t34-,35+,36-,37?/m1/s1. The molecule has 0 aromatic heterocycles. The van der Waals surface area contributed by atoms with Crippen LogP contribution in [0.5, 0.6) is 0 Å². The van der Waals surface area contributed by atoms with Gasteiger partial charge < -0.3 is 23.8 Å². The lowest BCUT2D eigenvalue weighted by Gasteiger charge is -2.45. The van der Waals surface area contributed by atoms with E-state index in [1.165, 1.54) is 10.8 Å². The van der Waals surface area contributed by atoms with Crippen molar-refractivity contribution in [1.29, 1.82) is 0 Å². The van der Waals surface area contributed by atoms with Crippen LogP contribution in [0, 0.1) is 0 Å². The van der Waals surface area contributed by atoms with E-state index in [4.69, 9.17) is 18.9 Å². The average Bonchev–Trinajstić information content (AvgIpc) is 3.06. The number of hydrogen-bond acceptors (Lipinski definition) is 5. The average molecular weight is 560 g/mol. The maximum atomic E-state index is 6.72. The fraction of sp³-hybridized carbons (Fsp3) is 0.243. The summed E-state index contributed by atoms with van der Waals surface area (Å²) in [4.78, 5) is 2.16. The van der Waals surface area contributed by atoms with Crippen molar-refractivity contribution in [2.45, 2.75) is 44.4 Å². The molecule has 214 valence electrons. The first-order valence-electron chi connectivity index (χ1n) is 14.5. The number of benzene rings is 5. The number of anilines is 1. The minimum atomic E-state index is -0.417. The van der Waals surface area contributed by atoms with Crippen molar-refractivity contribution in [2.24, 2.45) is 0 Å². The molecule has 0 spiro atoms. The van der Waals surface area contributed by atoms with Gasteiger partial charge in [0.1, 0.15) is 18.3 Å². The number of fused-ring (bicyclic) bond motifs is 1. The van der Waals surface area contributed by atoms with E-state index in [9.17, 15) is 0 Å². The highest BCUT2D eigenvalue weighted by Crippen LogP contribution is 2.31. The molecule has 0 aliphatic carbocycles. The highest BCUT2D eigenvalue weighted by atomic mass is 16.6. The third-order valence-electron chi connectivity index (χ3n) is 7.80. The second-order valence-electron chi connectivity index (χ2n) is 10.7. The van der Waals surface area contributed by atoms with E-state index in [0.717, 1.165) is 22.4 Å².